The van der Waals surface area contributed by atoms with Crippen molar-refractivity contribution in [3.8, 4) is 11.1 Å². The molecule has 0 aliphatic rings. The van der Waals surface area contributed by atoms with Gasteiger partial charge in [0.25, 0.3) is 0 Å². The largest absolute Gasteiger partial charge is 0.350 e. The van der Waals surface area contributed by atoms with Crippen molar-refractivity contribution in [3.63, 3.8) is 0 Å². The third kappa shape index (κ3) is 2.02. The van der Waals surface area contributed by atoms with Gasteiger partial charge in [-0.2, -0.15) is 5.10 Å². The van der Waals surface area contributed by atoms with Gasteiger partial charge in [0.1, 0.15) is 0 Å². The maximum Gasteiger partial charge on any atom is 0.0571 e. The molecule has 0 aliphatic heterocycles. The first-order valence-electron chi connectivity index (χ1n) is 6.92. The zero-order chi connectivity index (χ0) is 14.1. The summed E-state index contributed by atoms with van der Waals surface area (Å²) >= 11 is 0. The maximum absolute atomic E-state index is 4.44. The van der Waals surface area contributed by atoms with Crippen molar-refractivity contribution in [1.29, 1.82) is 0 Å². The topological polar surface area (TPSA) is 34.8 Å². The molecule has 104 valence electrons. The lowest BCUT2D eigenvalue weighted by Crippen LogP contribution is -2.13. The zero-order valence-corrected chi connectivity index (χ0v) is 12.2. The minimum atomic E-state index is 0.956. The molecule has 0 amide bonds. The van der Waals surface area contributed by atoms with E-state index in [4.69, 9.17) is 0 Å². The summed E-state index contributed by atoms with van der Waals surface area (Å²) in [6, 6.07) is 8.51. The van der Waals surface area contributed by atoms with Crippen LogP contribution in [-0.2, 0) is 20.5 Å². The molecule has 2 aromatic heterocycles. The van der Waals surface area contributed by atoms with Gasteiger partial charge < -0.3 is 9.88 Å². The van der Waals surface area contributed by atoms with Crippen molar-refractivity contribution in [3.05, 3.63) is 42.4 Å². The van der Waals surface area contributed by atoms with E-state index in [1.165, 1.54) is 27.7 Å². The monoisotopic (exact) mass is 268 g/mol. The molecule has 1 aromatic carbocycles. The quantitative estimate of drug-likeness (QED) is 0.788. The molecule has 0 spiro atoms. The molecule has 1 N–H and O–H groups in total. The Morgan fingerprint density at radius 2 is 1.95 bits per heavy atom. The van der Waals surface area contributed by atoms with E-state index in [9.17, 15) is 0 Å². The van der Waals surface area contributed by atoms with Crippen LogP contribution >= 0.6 is 0 Å². The van der Waals surface area contributed by atoms with E-state index in [-0.39, 0.29) is 0 Å². The third-order valence-corrected chi connectivity index (χ3v) is 3.86. The second kappa shape index (κ2) is 5.13. The second-order valence-electron chi connectivity index (χ2n) is 5.15. The molecule has 0 unspecified atom stereocenters. The number of nitrogens with zero attached hydrogens (tertiary/aromatic N) is 3. The molecule has 3 aromatic rings. The van der Waals surface area contributed by atoms with Crippen molar-refractivity contribution >= 4 is 10.9 Å². The van der Waals surface area contributed by atoms with Gasteiger partial charge in [-0.25, -0.2) is 0 Å². The molecule has 3 rings (SSSR count). The molecule has 0 aliphatic carbocycles. The molecule has 0 bridgehead atoms. The number of hydrogen-bond donors (Lipinski definition) is 1. The van der Waals surface area contributed by atoms with Crippen LogP contribution in [0.25, 0.3) is 22.0 Å². The average Bonchev–Trinajstić information content (AvgIpc) is 2.98. The average molecular weight is 268 g/mol. The fraction of sp³-hybridized carbons (Fsp3) is 0.312. The van der Waals surface area contributed by atoms with Crippen molar-refractivity contribution in [2.24, 2.45) is 14.1 Å². The minimum absolute atomic E-state index is 0.956. The normalized spacial score (nSPS) is 11.3. The Hall–Kier alpha value is -2.07. The number of aryl methyl sites for hydroxylation is 2. The summed E-state index contributed by atoms with van der Waals surface area (Å²) in [5.74, 6) is 0. The molecule has 0 atom stereocenters. The molecular formula is C16H20N4. The summed E-state index contributed by atoms with van der Waals surface area (Å²) in [6.07, 6.45) is 5.16. The summed E-state index contributed by atoms with van der Waals surface area (Å²) in [4.78, 5) is 0. The lowest BCUT2D eigenvalue weighted by molar-refractivity contribution is 0.682. The molecule has 4 nitrogen and oxygen atoms in total. The van der Waals surface area contributed by atoms with Crippen LogP contribution in [0.3, 0.4) is 0 Å². The van der Waals surface area contributed by atoms with E-state index in [1.54, 1.807) is 0 Å². The first-order chi connectivity index (χ1) is 9.72. The van der Waals surface area contributed by atoms with Gasteiger partial charge >= 0.3 is 0 Å². The Bertz CT molecular complexity index is 736. The highest BCUT2D eigenvalue weighted by atomic mass is 15.3. The highest BCUT2D eigenvalue weighted by Gasteiger charge is 2.15. The summed E-state index contributed by atoms with van der Waals surface area (Å²) in [7, 11) is 6.09. The minimum Gasteiger partial charge on any atom is -0.350 e. The maximum atomic E-state index is 4.44. The molecule has 4 heteroatoms. The first kappa shape index (κ1) is 12.9. The van der Waals surface area contributed by atoms with Gasteiger partial charge in [0.05, 0.1) is 6.20 Å². The van der Waals surface area contributed by atoms with Crippen LogP contribution in [0.1, 0.15) is 5.69 Å². The van der Waals surface area contributed by atoms with Gasteiger partial charge in [-0.3, -0.25) is 4.68 Å². The van der Waals surface area contributed by atoms with Crippen LogP contribution in [0.5, 0.6) is 0 Å². The van der Waals surface area contributed by atoms with Crippen LogP contribution in [0, 0.1) is 0 Å². The molecule has 0 saturated carbocycles. The van der Waals surface area contributed by atoms with Gasteiger partial charge in [-0.05, 0) is 13.1 Å². The van der Waals surface area contributed by atoms with Crippen LogP contribution in [0.2, 0.25) is 0 Å². The van der Waals surface area contributed by atoms with E-state index in [0.29, 0.717) is 0 Å². The number of likely N-dealkylation sites (N-methyl/N-ethyl adjacent to an activating group) is 1. The summed E-state index contributed by atoms with van der Waals surface area (Å²) in [5, 5.41) is 8.94. The van der Waals surface area contributed by atoms with Gasteiger partial charge in [0.15, 0.2) is 0 Å². The highest BCUT2D eigenvalue weighted by molar-refractivity contribution is 5.96. The van der Waals surface area contributed by atoms with Crippen molar-refractivity contribution in [2.45, 2.75) is 6.42 Å². The number of nitrogens with one attached hydrogen (secondary N) is 1. The van der Waals surface area contributed by atoms with Crippen molar-refractivity contribution < 1.29 is 0 Å². The Balaban J connectivity index is 2.16. The molecule has 0 fully saturated rings. The lowest BCUT2D eigenvalue weighted by atomic mass is 10.0. The number of aromatic nitrogens is 3. The van der Waals surface area contributed by atoms with Crippen molar-refractivity contribution in [1.82, 2.24) is 19.7 Å². The summed E-state index contributed by atoms with van der Waals surface area (Å²) < 4.78 is 4.16. The fourth-order valence-corrected chi connectivity index (χ4v) is 2.78. The van der Waals surface area contributed by atoms with Crippen molar-refractivity contribution in [2.75, 3.05) is 13.6 Å². The third-order valence-electron chi connectivity index (χ3n) is 3.86. The molecular weight excluding hydrogens is 248 g/mol. The molecule has 0 saturated heterocycles. The highest BCUT2D eigenvalue weighted by Crippen LogP contribution is 2.32. The smallest absolute Gasteiger partial charge is 0.0571 e. The Labute approximate surface area is 119 Å². The lowest BCUT2D eigenvalue weighted by Gasteiger charge is -2.05. The van der Waals surface area contributed by atoms with E-state index in [2.05, 4.69) is 52.5 Å². The predicted octanol–water partition coefficient (Wildman–Crippen LogP) is 2.34. The van der Waals surface area contributed by atoms with Gasteiger partial charge in [-0.1, -0.05) is 18.2 Å². The van der Waals surface area contributed by atoms with E-state index < -0.39 is 0 Å². The standard InChI is InChI=1S/C16H20N4/c1-17-9-8-16-13(10-18-20(16)3)14-11-19(2)15-7-5-4-6-12(14)15/h4-7,10-11,17H,8-9H2,1-3H3. The molecule has 20 heavy (non-hydrogen) atoms. The van der Waals surface area contributed by atoms with Crippen LogP contribution < -0.4 is 5.32 Å². The Morgan fingerprint density at radius 1 is 1.15 bits per heavy atom. The number of fused-ring (bicyclic) bond motifs is 1. The van der Waals surface area contributed by atoms with Crippen LogP contribution in [0.15, 0.2) is 36.7 Å². The first-order valence-corrected chi connectivity index (χ1v) is 6.92. The van der Waals surface area contributed by atoms with Gasteiger partial charge in [0.2, 0.25) is 0 Å². The SMILES string of the molecule is CNCCc1c(-c2cn(C)c3ccccc23)cnn1C. The summed E-state index contributed by atoms with van der Waals surface area (Å²) in [5.41, 5.74) is 5.03. The Kier molecular flexibility index (Phi) is 3.32. The summed E-state index contributed by atoms with van der Waals surface area (Å²) in [6.45, 7) is 0.956. The fourth-order valence-electron chi connectivity index (χ4n) is 2.78. The number of hydrogen-bond acceptors (Lipinski definition) is 2. The molecule has 0 radical (unpaired) electrons. The predicted molar refractivity (Wildman–Crippen MR) is 82.8 cm³/mol. The number of para-hydroxylation sites is 1. The molecule has 2 heterocycles. The van der Waals surface area contributed by atoms with E-state index >= 15 is 0 Å². The van der Waals surface area contributed by atoms with Gasteiger partial charge in [0, 0.05) is 61.0 Å². The van der Waals surface area contributed by atoms with Crippen LogP contribution in [-0.4, -0.2) is 27.9 Å². The number of rotatable bonds is 4. The van der Waals surface area contributed by atoms with E-state index in [1.807, 2.05) is 25.0 Å². The zero-order valence-electron chi connectivity index (χ0n) is 12.2. The number of benzene rings is 1. The van der Waals surface area contributed by atoms with E-state index in [0.717, 1.165) is 13.0 Å². The van der Waals surface area contributed by atoms with Gasteiger partial charge in [-0.15, -0.1) is 0 Å². The Morgan fingerprint density at radius 3 is 2.75 bits per heavy atom. The second-order valence-corrected chi connectivity index (χ2v) is 5.15. The van der Waals surface area contributed by atoms with Crippen LogP contribution in [0.4, 0.5) is 0 Å².